The van der Waals surface area contributed by atoms with Crippen LogP contribution in [0.2, 0.25) is 5.02 Å². The fourth-order valence-corrected chi connectivity index (χ4v) is 4.32. The van der Waals surface area contributed by atoms with E-state index >= 15 is 0 Å². The summed E-state index contributed by atoms with van der Waals surface area (Å²) < 4.78 is 0.991. The third kappa shape index (κ3) is 6.53. The topological polar surface area (TPSA) is 90.5 Å². The summed E-state index contributed by atoms with van der Waals surface area (Å²) in [5, 5.41) is 6.69. The van der Waals surface area contributed by atoms with E-state index in [4.69, 9.17) is 16.6 Å². The minimum atomic E-state index is -0.0762. The van der Waals surface area contributed by atoms with Crippen molar-refractivity contribution in [1.29, 1.82) is 0 Å². The van der Waals surface area contributed by atoms with Crippen molar-refractivity contribution in [3.8, 4) is 11.4 Å². The number of hydrogen-bond acceptors (Lipinski definition) is 6. The van der Waals surface area contributed by atoms with Crippen LogP contribution in [0.5, 0.6) is 0 Å². The normalized spacial score (nSPS) is 13.4. The molecule has 2 aromatic carbocycles. The quantitative estimate of drug-likeness (QED) is 0.409. The smallest absolute Gasteiger partial charge is 0.253 e. The van der Waals surface area contributed by atoms with Crippen molar-refractivity contribution in [3.63, 3.8) is 0 Å². The van der Waals surface area contributed by atoms with Crippen LogP contribution in [0.15, 0.2) is 53.0 Å². The van der Waals surface area contributed by atoms with Gasteiger partial charge in [0.15, 0.2) is 5.82 Å². The number of carbonyl (C=O) groups excluding carboxylic acids is 2. The van der Waals surface area contributed by atoms with E-state index in [9.17, 15) is 9.59 Å². The molecule has 0 unspecified atom stereocenters. The van der Waals surface area contributed by atoms with Gasteiger partial charge in [0.1, 0.15) is 11.6 Å². The van der Waals surface area contributed by atoms with Gasteiger partial charge in [-0.25, -0.2) is 9.97 Å². The molecular weight excluding hydrogens is 544 g/mol. The Morgan fingerprint density at radius 1 is 1.00 bits per heavy atom. The first-order valence-corrected chi connectivity index (χ1v) is 12.9. The standard InChI is InChI=1S/C26H28BrClN6O2/c1-17-15-20(5-8-22(17)27)26(36)34-13-11-33(12-14-34)24-16-23(30-10-9-29-18(2)35)31-25(32-24)19-3-6-21(28)7-4-19/h3-8,15-16H,9-14H2,1-2H3,(H,29,35)(H,30,31,32). The summed E-state index contributed by atoms with van der Waals surface area (Å²) in [6.07, 6.45) is 0. The lowest BCUT2D eigenvalue weighted by Gasteiger charge is -2.35. The summed E-state index contributed by atoms with van der Waals surface area (Å²) in [5.74, 6) is 1.99. The Bertz CT molecular complexity index is 1250. The van der Waals surface area contributed by atoms with Crippen LogP contribution in [0.25, 0.3) is 11.4 Å². The van der Waals surface area contributed by atoms with E-state index in [0.29, 0.717) is 61.5 Å². The highest BCUT2D eigenvalue weighted by atomic mass is 79.9. The lowest BCUT2D eigenvalue weighted by Crippen LogP contribution is -2.49. The van der Waals surface area contributed by atoms with Gasteiger partial charge in [-0.3, -0.25) is 9.59 Å². The summed E-state index contributed by atoms with van der Waals surface area (Å²) in [5.41, 5.74) is 2.58. The van der Waals surface area contributed by atoms with Gasteiger partial charge in [-0.1, -0.05) is 27.5 Å². The van der Waals surface area contributed by atoms with E-state index in [-0.39, 0.29) is 11.8 Å². The van der Waals surface area contributed by atoms with Gasteiger partial charge >= 0.3 is 0 Å². The number of piperazine rings is 1. The third-order valence-electron chi connectivity index (χ3n) is 5.92. The molecule has 1 aliphatic heterocycles. The van der Waals surface area contributed by atoms with E-state index in [2.05, 4.69) is 36.4 Å². The minimum absolute atomic E-state index is 0.0371. The van der Waals surface area contributed by atoms with Gasteiger partial charge in [0.25, 0.3) is 5.91 Å². The molecular formula is C26H28BrClN6O2. The van der Waals surface area contributed by atoms with Crippen molar-refractivity contribution >= 4 is 51.0 Å². The van der Waals surface area contributed by atoms with Crippen molar-refractivity contribution in [2.24, 2.45) is 0 Å². The minimum Gasteiger partial charge on any atom is -0.368 e. The van der Waals surface area contributed by atoms with Crippen molar-refractivity contribution < 1.29 is 9.59 Å². The Hall–Kier alpha value is -3.17. The Kier molecular flexibility index (Phi) is 8.43. The van der Waals surface area contributed by atoms with Crippen LogP contribution >= 0.6 is 27.5 Å². The van der Waals surface area contributed by atoms with Crippen molar-refractivity contribution in [1.82, 2.24) is 20.2 Å². The van der Waals surface area contributed by atoms with Crippen molar-refractivity contribution in [3.05, 3.63) is 69.2 Å². The zero-order valence-electron chi connectivity index (χ0n) is 20.2. The third-order valence-corrected chi connectivity index (χ3v) is 7.06. The number of carbonyl (C=O) groups is 2. The molecule has 0 spiro atoms. The molecule has 1 saturated heterocycles. The molecule has 2 N–H and O–H groups in total. The predicted octanol–water partition coefficient (Wildman–Crippen LogP) is 4.38. The molecule has 4 rings (SSSR count). The van der Waals surface area contributed by atoms with Crippen LogP contribution in [0.3, 0.4) is 0 Å². The number of nitrogens with zero attached hydrogens (tertiary/aromatic N) is 4. The second-order valence-corrected chi connectivity index (χ2v) is 9.89. The number of amides is 2. The second-order valence-electron chi connectivity index (χ2n) is 8.59. The maximum Gasteiger partial charge on any atom is 0.253 e. The van der Waals surface area contributed by atoms with Gasteiger partial charge in [-0.05, 0) is 55.0 Å². The number of rotatable bonds is 7. The highest BCUT2D eigenvalue weighted by molar-refractivity contribution is 9.10. The molecule has 2 heterocycles. The predicted molar refractivity (Wildman–Crippen MR) is 147 cm³/mol. The fraction of sp³-hybridized carbons (Fsp3) is 0.308. The number of anilines is 2. The van der Waals surface area contributed by atoms with Crippen molar-refractivity contribution in [2.45, 2.75) is 13.8 Å². The van der Waals surface area contributed by atoms with E-state index in [0.717, 1.165) is 21.4 Å². The average molecular weight is 572 g/mol. The van der Waals surface area contributed by atoms with Gasteiger partial charge < -0.3 is 20.4 Å². The van der Waals surface area contributed by atoms with E-state index in [1.807, 2.05) is 60.4 Å². The Morgan fingerprint density at radius 2 is 1.72 bits per heavy atom. The lowest BCUT2D eigenvalue weighted by molar-refractivity contribution is -0.118. The number of halogens is 2. The van der Waals surface area contributed by atoms with Crippen LogP contribution in [0.1, 0.15) is 22.8 Å². The molecule has 0 atom stereocenters. The molecule has 0 saturated carbocycles. The summed E-state index contributed by atoms with van der Waals surface area (Å²) in [6, 6.07) is 15.0. The summed E-state index contributed by atoms with van der Waals surface area (Å²) in [6.45, 7) is 7.00. The fourth-order valence-electron chi connectivity index (χ4n) is 3.94. The molecule has 3 aromatic rings. The Morgan fingerprint density at radius 3 is 2.39 bits per heavy atom. The summed E-state index contributed by atoms with van der Waals surface area (Å²) in [7, 11) is 0. The summed E-state index contributed by atoms with van der Waals surface area (Å²) >= 11 is 9.56. The molecule has 0 radical (unpaired) electrons. The maximum absolute atomic E-state index is 13.0. The number of hydrogen-bond donors (Lipinski definition) is 2. The monoisotopic (exact) mass is 570 g/mol. The van der Waals surface area contributed by atoms with Gasteiger partial charge in [0.2, 0.25) is 5.91 Å². The Balaban J connectivity index is 1.49. The number of aryl methyl sites for hydroxylation is 1. The van der Waals surface area contributed by atoms with E-state index in [1.165, 1.54) is 6.92 Å². The SMILES string of the molecule is CC(=O)NCCNc1cc(N2CCN(C(=O)c3ccc(Br)c(C)c3)CC2)nc(-c2ccc(Cl)cc2)n1. The average Bonchev–Trinajstić information content (AvgIpc) is 2.88. The van der Waals surface area contributed by atoms with Crippen LogP contribution in [-0.2, 0) is 4.79 Å². The van der Waals surface area contributed by atoms with Gasteiger partial charge in [-0.2, -0.15) is 0 Å². The molecule has 2 amide bonds. The zero-order valence-corrected chi connectivity index (χ0v) is 22.6. The number of benzene rings is 2. The molecule has 0 bridgehead atoms. The number of aromatic nitrogens is 2. The molecule has 1 fully saturated rings. The molecule has 0 aliphatic carbocycles. The van der Waals surface area contributed by atoms with E-state index in [1.54, 1.807) is 0 Å². The van der Waals surface area contributed by atoms with Crippen LogP contribution < -0.4 is 15.5 Å². The molecule has 1 aromatic heterocycles. The lowest BCUT2D eigenvalue weighted by atomic mass is 10.1. The van der Waals surface area contributed by atoms with E-state index < -0.39 is 0 Å². The molecule has 36 heavy (non-hydrogen) atoms. The maximum atomic E-state index is 13.0. The zero-order chi connectivity index (χ0) is 25.7. The molecule has 10 heteroatoms. The highest BCUT2D eigenvalue weighted by Crippen LogP contribution is 2.25. The first kappa shape index (κ1) is 25.9. The van der Waals surface area contributed by atoms with Crippen molar-refractivity contribution in [2.75, 3.05) is 49.5 Å². The molecule has 188 valence electrons. The number of nitrogens with one attached hydrogen (secondary N) is 2. The Labute approximate surface area is 224 Å². The van der Waals surface area contributed by atoms with Crippen LogP contribution in [0, 0.1) is 6.92 Å². The first-order chi connectivity index (χ1) is 17.3. The van der Waals surface area contributed by atoms with Gasteiger partial charge in [0, 0.05) is 72.9 Å². The summed E-state index contributed by atoms with van der Waals surface area (Å²) in [4.78, 5) is 37.7. The van der Waals surface area contributed by atoms with Gasteiger partial charge in [0.05, 0.1) is 0 Å². The van der Waals surface area contributed by atoms with Crippen LogP contribution in [-0.4, -0.2) is 66.0 Å². The first-order valence-electron chi connectivity index (χ1n) is 11.7. The molecule has 8 nitrogen and oxygen atoms in total. The highest BCUT2D eigenvalue weighted by Gasteiger charge is 2.24. The molecule has 1 aliphatic rings. The largest absolute Gasteiger partial charge is 0.368 e. The van der Waals surface area contributed by atoms with Crippen LogP contribution in [0.4, 0.5) is 11.6 Å². The second kappa shape index (κ2) is 11.7. The van der Waals surface area contributed by atoms with Gasteiger partial charge in [-0.15, -0.1) is 0 Å².